The Labute approximate surface area is 171 Å². The predicted molar refractivity (Wildman–Crippen MR) is 108 cm³/mol. The van der Waals surface area contributed by atoms with E-state index in [1.165, 1.54) is 11.1 Å². The van der Waals surface area contributed by atoms with Crippen LogP contribution in [-0.4, -0.2) is 52.1 Å². The van der Waals surface area contributed by atoms with Crippen LogP contribution in [0.15, 0.2) is 36.8 Å². The molecule has 154 valence electrons. The number of nitrogens with one attached hydrogen (secondary N) is 1. The quantitative estimate of drug-likeness (QED) is 0.857. The zero-order valence-electron chi connectivity index (χ0n) is 17.0. The van der Waals surface area contributed by atoms with Crippen LogP contribution in [0.25, 0.3) is 0 Å². The highest BCUT2D eigenvalue weighted by Gasteiger charge is 2.37. The summed E-state index contributed by atoms with van der Waals surface area (Å²) in [4.78, 5) is 31.7. The number of nitrogens with zero attached hydrogens (tertiary/aromatic N) is 3. The molecule has 7 nitrogen and oxygen atoms in total. The second-order valence-electron chi connectivity index (χ2n) is 8.07. The Balaban J connectivity index is 1.37. The van der Waals surface area contributed by atoms with Gasteiger partial charge in [0.15, 0.2) is 0 Å². The summed E-state index contributed by atoms with van der Waals surface area (Å²) in [5, 5.41) is 3.04. The van der Waals surface area contributed by atoms with Crippen molar-refractivity contribution in [2.24, 2.45) is 13.0 Å². The average Bonchev–Trinajstić information content (AvgIpc) is 3.19. The summed E-state index contributed by atoms with van der Waals surface area (Å²) in [6.07, 6.45) is 6.13. The normalized spacial score (nSPS) is 24.1. The van der Waals surface area contributed by atoms with Gasteiger partial charge >= 0.3 is 0 Å². The highest BCUT2D eigenvalue weighted by atomic mass is 16.5. The number of rotatable bonds is 4. The number of hydrogen-bond acceptors (Lipinski definition) is 4. The smallest absolute Gasteiger partial charge is 0.271 e. The number of imidazole rings is 1. The summed E-state index contributed by atoms with van der Waals surface area (Å²) in [5.74, 6) is -0.0562. The van der Waals surface area contributed by atoms with E-state index in [0.717, 1.165) is 25.8 Å². The molecule has 1 aromatic heterocycles. The molecule has 29 heavy (non-hydrogen) atoms. The third-order valence-electron chi connectivity index (χ3n) is 6.14. The standard InChI is InChI=1S/C22H28N4O3/c1-25-13-19(23-14-25)21(27)24-18-8-7-16(11-20(18)29-2)22(28)26-10-9-15-5-3-4-6-17(15)12-26/h3-6,13-14,16,18,20H,7-12H2,1-2H3,(H,24,27). The van der Waals surface area contributed by atoms with Crippen LogP contribution in [-0.2, 0) is 29.5 Å². The number of amides is 2. The number of aromatic nitrogens is 2. The first-order valence-corrected chi connectivity index (χ1v) is 10.2. The highest BCUT2D eigenvalue weighted by Crippen LogP contribution is 2.30. The van der Waals surface area contributed by atoms with Gasteiger partial charge in [0.05, 0.1) is 18.5 Å². The van der Waals surface area contributed by atoms with Crippen molar-refractivity contribution < 1.29 is 14.3 Å². The first-order valence-electron chi connectivity index (χ1n) is 10.2. The fourth-order valence-electron chi connectivity index (χ4n) is 4.49. The van der Waals surface area contributed by atoms with Gasteiger partial charge in [-0.15, -0.1) is 0 Å². The topological polar surface area (TPSA) is 76.5 Å². The van der Waals surface area contributed by atoms with Crippen molar-refractivity contribution in [1.29, 1.82) is 0 Å². The minimum atomic E-state index is -0.199. The maximum atomic E-state index is 13.1. The van der Waals surface area contributed by atoms with Gasteiger partial charge in [0.2, 0.25) is 5.91 Å². The van der Waals surface area contributed by atoms with Gasteiger partial charge in [0.25, 0.3) is 5.91 Å². The van der Waals surface area contributed by atoms with E-state index in [0.29, 0.717) is 18.7 Å². The summed E-state index contributed by atoms with van der Waals surface area (Å²) in [6, 6.07) is 8.23. The fourth-order valence-corrected chi connectivity index (χ4v) is 4.49. The number of ether oxygens (including phenoxy) is 1. The lowest BCUT2D eigenvalue weighted by molar-refractivity contribution is -0.139. The van der Waals surface area contributed by atoms with E-state index >= 15 is 0 Å². The van der Waals surface area contributed by atoms with Crippen LogP contribution in [0.2, 0.25) is 0 Å². The van der Waals surface area contributed by atoms with Crippen LogP contribution >= 0.6 is 0 Å². The number of fused-ring (bicyclic) bond motifs is 1. The molecule has 2 aromatic rings. The summed E-state index contributed by atoms with van der Waals surface area (Å²) < 4.78 is 7.40. The zero-order chi connectivity index (χ0) is 20.4. The third-order valence-corrected chi connectivity index (χ3v) is 6.14. The Kier molecular flexibility index (Phi) is 5.67. The Morgan fingerprint density at radius 1 is 1.21 bits per heavy atom. The fraction of sp³-hybridized carbons (Fsp3) is 0.500. The Bertz CT molecular complexity index is 894. The highest BCUT2D eigenvalue weighted by molar-refractivity contribution is 5.92. The Morgan fingerprint density at radius 3 is 2.72 bits per heavy atom. The molecule has 0 saturated heterocycles. The summed E-state index contributed by atoms with van der Waals surface area (Å²) in [6.45, 7) is 1.45. The van der Waals surface area contributed by atoms with E-state index in [-0.39, 0.29) is 29.9 Å². The third kappa shape index (κ3) is 4.19. The second-order valence-corrected chi connectivity index (χ2v) is 8.07. The average molecular weight is 396 g/mol. The van der Waals surface area contributed by atoms with Gasteiger partial charge in [-0.05, 0) is 36.8 Å². The molecule has 7 heteroatoms. The van der Waals surface area contributed by atoms with Crippen LogP contribution in [0.5, 0.6) is 0 Å². The van der Waals surface area contributed by atoms with Gasteiger partial charge in [-0.1, -0.05) is 24.3 Å². The molecule has 1 fully saturated rings. The van der Waals surface area contributed by atoms with Gasteiger partial charge in [-0.25, -0.2) is 4.98 Å². The molecular formula is C22H28N4O3. The molecule has 4 rings (SSSR count). The Morgan fingerprint density at radius 2 is 2.00 bits per heavy atom. The number of methoxy groups -OCH3 is 1. The maximum absolute atomic E-state index is 13.1. The van der Waals surface area contributed by atoms with E-state index in [1.54, 1.807) is 24.2 Å². The number of carbonyl (C=O) groups is 2. The van der Waals surface area contributed by atoms with E-state index in [4.69, 9.17) is 4.74 Å². The van der Waals surface area contributed by atoms with Crippen LogP contribution < -0.4 is 5.32 Å². The first-order chi connectivity index (χ1) is 14.0. The van der Waals surface area contributed by atoms with Crippen molar-refractivity contribution in [3.05, 3.63) is 53.6 Å². The van der Waals surface area contributed by atoms with E-state index < -0.39 is 0 Å². The summed E-state index contributed by atoms with van der Waals surface area (Å²) >= 11 is 0. The molecular weight excluding hydrogens is 368 g/mol. The number of carbonyl (C=O) groups excluding carboxylic acids is 2. The molecule has 0 spiro atoms. The zero-order valence-corrected chi connectivity index (χ0v) is 17.0. The molecule has 1 aromatic carbocycles. The molecule has 2 aliphatic rings. The molecule has 2 heterocycles. The van der Waals surface area contributed by atoms with Crippen molar-refractivity contribution in [2.75, 3.05) is 13.7 Å². The molecule has 0 bridgehead atoms. The van der Waals surface area contributed by atoms with Crippen LogP contribution in [0.3, 0.4) is 0 Å². The van der Waals surface area contributed by atoms with Gasteiger partial charge in [-0.2, -0.15) is 0 Å². The minimum absolute atomic E-state index is 0.0618. The van der Waals surface area contributed by atoms with Gasteiger partial charge in [-0.3, -0.25) is 9.59 Å². The van der Waals surface area contributed by atoms with Crippen molar-refractivity contribution in [3.63, 3.8) is 0 Å². The van der Waals surface area contributed by atoms with Crippen molar-refractivity contribution in [2.45, 2.75) is 44.4 Å². The molecule has 3 unspecified atom stereocenters. The van der Waals surface area contributed by atoms with E-state index in [1.807, 2.05) is 18.0 Å². The molecule has 1 N–H and O–H groups in total. The molecule has 1 saturated carbocycles. The predicted octanol–water partition coefficient (Wildman–Crippen LogP) is 1.92. The van der Waals surface area contributed by atoms with E-state index in [9.17, 15) is 9.59 Å². The van der Waals surface area contributed by atoms with Crippen LogP contribution in [0.4, 0.5) is 0 Å². The first kappa shape index (κ1) is 19.6. The summed E-state index contributed by atoms with van der Waals surface area (Å²) in [7, 11) is 3.48. The Hall–Kier alpha value is -2.67. The molecule has 0 radical (unpaired) electrons. The van der Waals surface area contributed by atoms with Crippen molar-refractivity contribution in [1.82, 2.24) is 19.8 Å². The number of hydrogen-bond donors (Lipinski definition) is 1. The van der Waals surface area contributed by atoms with E-state index in [2.05, 4.69) is 28.5 Å². The summed E-state index contributed by atoms with van der Waals surface area (Å²) in [5.41, 5.74) is 2.98. The van der Waals surface area contributed by atoms with Crippen LogP contribution in [0.1, 0.15) is 40.9 Å². The maximum Gasteiger partial charge on any atom is 0.271 e. The van der Waals surface area contributed by atoms with Crippen molar-refractivity contribution in [3.8, 4) is 0 Å². The van der Waals surface area contributed by atoms with Gasteiger partial charge in [0, 0.05) is 39.4 Å². The largest absolute Gasteiger partial charge is 0.379 e. The molecule has 1 aliphatic carbocycles. The molecule has 3 atom stereocenters. The number of aryl methyl sites for hydroxylation is 1. The van der Waals surface area contributed by atoms with Gasteiger partial charge < -0.3 is 19.5 Å². The minimum Gasteiger partial charge on any atom is -0.379 e. The second kappa shape index (κ2) is 8.37. The lowest BCUT2D eigenvalue weighted by atomic mass is 9.82. The number of benzene rings is 1. The monoisotopic (exact) mass is 396 g/mol. The van der Waals surface area contributed by atoms with Crippen LogP contribution in [0, 0.1) is 5.92 Å². The van der Waals surface area contributed by atoms with Crippen molar-refractivity contribution >= 4 is 11.8 Å². The molecule has 1 aliphatic heterocycles. The lowest BCUT2D eigenvalue weighted by Crippen LogP contribution is -2.50. The molecule has 2 amide bonds. The SMILES string of the molecule is COC1CC(C(=O)N2CCc3ccccc3C2)CCC1NC(=O)c1cn(C)cn1. The lowest BCUT2D eigenvalue weighted by Gasteiger charge is -2.38. The van der Waals surface area contributed by atoms with Gasteiger partial charge in [0.1, 0.15) is 5.69 Å².